The number of hydrogen-bond acceptors (Lipinski definition) is 4. The van der Waals surface area contributed by atoms with E-state index in [-0.39, 0.29) is 23.0 Å². The number of thioether (sulfide) groups is 1. The van der Waals surface area contributed by atoms with Gasteiger partial charge in [-0.3, -0.25) is 19.3 Å². The Balaban J connectivity index is 1.67. The van der Waals surface area contributed by atoms with E-state index in [1.165, 1.54) is 16.7 Å². The summed E-state index contributed by atoms with van der Waals surface area (Å²) in [6.45, 7) is 1.87. The fourth-order valence-corrected chi connectivity index (χ4v) is 4.28. The van der Waals surface area contributed by atoms with Gasteiger partial charge in [0.05, 0.1) is 11.1 Å². The monoisotopic (exact) mass is 317 g/mol. The van der Waals surface area contributed by atoms with Crippen LogP contribution in [-0.4, -0.2) is 33.1 Å². The van der Waals surface area contributed by atoms with Crippen LogP contribution in [0.3, 0.4) is 0 Å². The number of carbonyl (C=O) groups excluding carboxylic acids is 3. The number of imide groups is 1. The van der Waals surface area contributed by atoms with Gasteiger partial charge in [-0.15, -0.1) is 0 Å². The average molecular weight is 317 g/mol. The molecule has 0 radical (unpaired) electrons. The van der Waals surface area contributed by atoms with Crippen LogP contribution >= 0.6 is 11.8 Å². The fraction of sp³-hybridized carbons (Fsp3) is 0.471. The highest BCUT2D eigenvalue weighted by molar-refractivity contribution is 8.14. The number of carbonyl (C=O) groups is 3. The van der Waals surface area contributed by atoms with Crippen molar-refractivity contribution in [1.29, 1.82) is 0 Å². The van der Waals surface area contributed by atoms with E-state index in [1.54, 1.807) is 24.3 Å². The van der Waals surface area contributed by atoms with Gasteiger partial charge in [0.1, 0.15) is 0 Å². The molecule has 22 heavy (non-hydrogen) atoms. The van der Waals surface area contributed by atoms with Gasteiger partial charge in [0.25, 0.3) is 11.8 Å². The summed E-state index contributed by atoms with van der Waals surface area (Å²) in [4.78, 5) is 37.9. The lowest BCUT2D eigenvalue weighted by Gasteiger charge is -2.32. The van der Waals surface area contributed by atoms with E-state index >= 15 is 0 Å². The standard InChI is InChI=1S/C17H19NO3S/c1-2-15(19)22-12-9-7-11(8-10-12)18-16(20)13-5-3-4-6-14(13)17(18)21/h3-6,11-12H,2,7-10H2,1H3/t11-,12-. The first-order valence-electron chi connectivity index (χ1n) is 7.78. The Morgan fingerprint density at radius 1 is 1.09 bits per heavy atom. The smallest absolute Gasteiger partial charge is 0.261 e. The second kappa shape index (κ2) is 6.24. The lowest BCUT2D eigenvalue weighted by molar-refractivity contribution is -0.110. The molecule has 1 saturated carbocycles. The molecule has 0 aromatic heterocycles. The number of amides is 2. The average Bonchev–Trinajstić information content (AvgIpc) is 2.80. The Kier molecular flexibility index (Phi) is 4.34. The highest BCUT2D eigenvalue weighted by Gasteiger charge is 2.40. The lowest BCUT2D eigenvalue weighted by Crippen LogP contribution is -2.42. The third kappa shape index (κ3) is 2.70. The van der Waals surface area contributed by atoms with Crippen LogP contribution in [0, 0.1) is 0 Å². The maximum absolute atomic E-state index is 12.5. The van der Waals surface area contributed by atoms with Gasteiger partial charge in [-0.1, -0.05) is 30.8 Å². The molecule has 5 heteroatoms. The van der Waals surface area contributed by atoms with Gasteiger partial charge in [-0.05, 0) is 37.8 Å². The highest BCUT2D eigenvalue weighted by Crippen LogP contribution is 2.35. The molecule has 3 rings (SSSR count). The molecule has 0 atom stereocenters. The molecular formula is C17H19NO3S. The van der Waals surface area contributed by atoms with Crippen molar-refractivity contribution in [3.05, 3.63) is 35.4 Å². The molecule has 0 N–H and O–H groups in total. The largest absolute Gasteiger partial charge is 0.287 e. The van der Waals surface area contributed by atoms with Crippen LogP contribution in [-0.2, 0) is 4.79 Å². The molecule has 1 aromatic carbocycles. The molecule has 1 aliphatic carbocycles. The minimum atomic E-state index is -0.165. The molecule has 2 aliphatic rings. The van der Waals surface area contributed by atoms with Gasteiger partial charge in [0.2, 0.25) is 0 Å². The third-order valence-corrected chi connectivity index (χ3v) is 5.78. The first kappa shape index (κ1) is 15.3. The second-order valence-corrected chi connectivity index (χ2v) is 7.16. The van der Waals surface area contributed by atoms with Crippen molar-refractivity contribution >= 4 is 28.7 Å². The molecule has 0 unspecified atom stereocenters. The molecule has 1 heterocycles. The normalized spacial score (nSPS) is 24.5. The summed E-state index contributed by atoms with van der Waals surface area (Å²) in [5.74, 6) is -0.331. The van der Waals surface area contributed by atoms with Crippen LogP contribution < -0.4 is 0 Å². The zero-order chi connectivity index (χ0) is 15.7. The topological polar surface area (TPSA) is 54.5 Å². The van der Waals surface area contributed by atoms with E-state index in [9.17, 15) is 14.4 Å². The minimum absolute atomic E-state index is 0.0269. The van der Waals surface area contributed by atoms with E-state index in [4.69, 9.17) is 0 Å². The lowest BCUT2D eigenvalue weighted by atomic mass is 9.94. The SMILES string of the molecule is CCC(=O)S[C@H]1CC[C@H](N2C(=O)c3ccccc3C2=O)CC1. The summed E-state index contributed by atoms with van der Waals surface area (Å²) in [7, 11) is 0. The van der Waals surface area contributed by atoms with Crippen LogP contribution in [0.1, 0.15) is 59.7 Å². The van der Waals surface area contributed by atoms with E-state index in [0.29, 0.717) is 22.8 Å². The zero-order valence-corrected chi connectivity index (χ0v) is 13.4. The number of nitrogens with zero attached hydrogens (tertiary/aromatic N) is 1. The number of fused-ring (bicyclic) bond motifs is 1. The Morgan fingerprint density at radius 2 is 1.64 bits per heavy atom. The van der Waals surface area contributed by atoms with Gasteiger partial charge in [-0.2, -0.15) is 0 Å². The Morgan fingerprint density at radius 3 is 2.14 bits per heavy atom. The molecule has 116 valence electrons. The highest BCUT2D eigenvalue weighted by atomic mass is 32.2. The summed E-state index contributed by atoms with van der Waals surface area (Å²) in [6, 6.07) is 6.99. The van der Waals surface area contributed by atoms with Crippen molar-refractivity contribution < 1.29 is 14.4 Å². The van der Waals surface area contributed by atoms with E-state index in [0.717, 1.165) is 25.7 Å². The van der Waals surface area contributed by atoms with E-state index in [1.807, 2.05) is 6.92 Å². The fourth-order valence-electron chi connectivity index (χ4n) is 3.23. The van der Waals surface area contributed by atoms with Gasteiger partial charge < -0.3 is 0 Å². The predicted molar refractivity (Wildman–Crippen MR) is 85.9 cm³/mol. The van der Waals surface area contributed by atoms with Crippen molar-refractivity contribution in [2.75, 3.05) is 0 Å². The van der Waals surface area contributed by atoms with Crippen LogP contribution in [0.4, 0.5) is 0 Å². The summed E-state index contributed by atoms with van der Waals surface area (Å²) in [5.41, 5.74) is 1.04. The molecule has 0 bridgehead atoms. The number of hydrogen-bond donors (Lipinski definition) is 0. The molecule has 1 fully saturated rings. The van der Waals surface area contributed by atoms with Gasteiger partial charge >= 0.3 is 0 Å². The summed E-state index contributed by atoms with van der Waals surface area (Å²) in [6.07, 6.45) is 3.91. The van der Waals surface area contributed by atoms with E-state index < -0.39 is 0 Å². The maximum atomic E-state index is 12.5. The minimum Gasteiger partial charge on any atom is -0.287 e. The zero-order valence-electron chi connectivity index (χ0n) is 12.6. The van der Waals surface area contributed by atoms with Crippen molar-refractivity contribution in [3.63, 3.8) is 0 Å². The Hall–Kier alpha value is -1.62. The van der Waals surface area contributed by atoms with E-state index in [2.05, 4.69) is 0 Å². The summed E-state index contributed by atoms with van der Waals surface area (Å²) < 4.78 is 0. The quantitative estimate of drug-likeness (QED) is 0.803. The first-order chi connectivity index (χ1) is 10.6. The molecule has 0 spiro atoms. The third-order valence-electron chi connectivity index (χ3n) is 4.42. The van der Waals surface area contributed by atoms with Crippen molar-refractivity contribution in [3.8, 4) is 0 Å². The molecule has 1 aliphatic heterocycles. The van der Waals surface area contributed by atoms with Crippen LogP contribution in [0.5, 0.6) is 0 Å². The number of rotatable bonds is 3. The molecule has 4 nitrogen and oxygen atoms in total. The van der Waals surface area contributed by atoms with Crippen molar-refractivity contribution in [2.24, 2.45) is 0 Å². The van der Waals surface area contributed by atoms with Crippen molar-refractivity contribution in [1.82, 2.24) is 4.90 Å². The summed E-state index contributed by atoms with van der Waals surface area (Å²) >= 11 is 1.43. The van der Waals surface area contributed by atoms with Crippen molar-refractivity contribution in [2.45, 2.75) is 50.3 Å². The first-order valence-corrected chi connectivity index (χ1v) is 8.66. The van der Waals surface area contributed by atoms with Gasteiger partial charge in [0.15, 0.2) is 5.12 Å². The predicted octanol–water partition coefficient (Wildman–Crippen LogP) is 3.26. The molecular weight excluding hydrogens is 298 g/mol. The Labute approximate surface area is 134 Å². The van der Waals surface area contributed by atoms with Crippen LogP contribution in [0.2, 0.25) is 0 Å². The van der Waals surface area contributed by atoms with Crippen LogP contribution in [0.15, 0.2) is 24.3 Å². The van der Waals surface area contributed by atoms with Crippen LogP contribution in [0.25, 0.3) is 0 Å². The van der Waals surface area contributed by atoms with Gasteiger partial charge in [-0.25, -0.2) is 0 Å². The second-order valence-electron chi connectivity index (χ2n) is 5.80. The molecule has 0 saturated heterocycles. The molecule has 1 aromatic rings. The van der Waals surface area contributed by atoms with Gasteiger partial charge in [0, 0.05) is 17.7 Å². The summed E-state index contributed by atoms with van der Waals surface area (Å²) in [5, 5.41) is 0.558. The maximum Gasteiger partial charge on any atom is 0.261 e. The Bertz CT molecular complexity index is 585. The molecule has 2 amide bonds. The number of benzene rings is 1.